The van der Waals surface area contributed by atoms with Crippen molar-refractivity contribution in [2.75, 3.05) is 6.61 Å². The molecule has 2 aliphatic carbocycles. The average molecular weight is 212 g/mol. The lowest BCUT2D eigenvalue weighted by molar-refractivity contribution is -0.0921. The molecule has 0 saturated heterocycles. The molecule has 2 aliphatic rings. The second-order valence-electron chi connectivity index (χ2n) is 5.76. The Morgan fingerprint density at radius 3 is 2.73 bits per heavy atom. The van der Waals surface area contributed by atoms with Crippen LogP contribution in [0, 0.1) is 11.3 Å². The summed E-state index contributed by atoms with van der Waals surface area (Å²) in [6.07, 6.45) is 8.78. The second kappa shape index (κ2) is 4.06. The topological polar surface area (TPSA) is 40.5 Å². The highest BCUT2D eigenvalue weighted by atomic mass is 16.3. The van der Waals surface area contributed by atoms with Gasteiger partial charge in [-0.3, -0.25) is 0 Å². The fourth-order valence-corrected chi connectivity index (χ4v) is 3.96. The Morgan fingerprint density at radius 1 is 1.20 bits per heavy atom. The second-order valence-corrected chi connectivity index (χ2v) is 5.76. The van der Waals surface area contributed by atoms with Gasteiger partial charge in [-0.15, -0.1) is 0 Å². The van der Waals surface area contributed by atoms with Gasteiger partial charge in [0.25, 0.3) is 0 Å². The summed E-state index contributed by atoms with van der Waals surface area (Å²) >= 11 is 0. The van der Waals surface area contributed by atoms with Gasteiger partial charge in [-0.25, -0.2) is 0 Å². The van der Waals surface area contributed by atoms with Crippen molar-refractivity contribution in [1.82, 2.24) is 0 Å². The van der Waals surface area contributed by atoms with Crippen LogP contribution in [0.15, 0.2) is 0 Å². The molecule has 3 atom stereocenters. The largest absolute Gasteiger partial charge is 0.396 e. The van der Waals surface area contributed by atoms with Crippen molar-refractivity contribution >= 4 is 0 Å². The molecule has 0 aromatic rings. The minimum absolute atomic E-state index is 0.139. The maximum absolute atomic E-state index is 10.8. The minimum atomic E-state index is -0.485. The molecule has 2 N–H and O–H groups in total. The fraction of sp³-hybridized carbons (Fsp3) is 1.00. The molecule has 2 nitrogen and oxygen atoms in total. The van der Waals surface area contributed by atoms with Gasteiger partial charge in [-0.05, 0) is 49.9 Å². The van der Waals surface area contributed by atoms with Crippen molar-refractivity contribution in [3.63, 3.8) is 0 Å². The lowest BCUT2D eigenvalue weighted by Crippen LogP contribution is -2.46. The average Bonchev–Trinajstić information content (AvgIpc) is 2.50. The number of hydrogen-bond donors (Lipinski definition) is 2. The maximum atomic E-state index is 10.8. The molecule has 2 fully saturated rings. The van der Waals surface area contributed by atoms with Crippen LogP contribution >= 0.6 is 0 Å². The summed E-state index contributed by atoms with van der Waals surface area (Å²) in [5.74, 6) is 0.731. The van der Waals surface area contributed by atoms with Crippen molar-refractivity contribution in [2.45, 2.75) is 63.9 Å². The molecule has 15 heavy (non-hydrogen) atoms. The maximum Gasteiger partial charge on any atom is 0.0704 e. The third kappa shape index (κ3) is 1.72. The van der Waals surface area contributed by atoms with E-state index < -0.39 is 5.60 Å². The Hall–Kier alpha value is -0.0800. The van der Waals surface area contributed by atoms with Crippen molar-refractivity contribution in [3.8, 4) is 0 Å². The van der Waals surface area contributed by atoms with Crippen LogP contribution < -0.4 is 0 Å². The van der Waals surface area contributed by atoms with Crippen LogP contribution in [0.1, 0.15) is 58.3 Å². The van der Waals surface area contributed by atoms with Gasteiger partial charge in [0.05, 0.1) is 5.60 Å². The SMILES string of the molecule is C[C@]12CCCCC1CCC2(O)CCCO. The molecule has 0 radical (unpaired) electrons. The lowest BCUT2D eigenvalue weighted by Gasteiger charge is -2.46. The smallest absolute Gasteiger partial charge is 0.0704 e. The van der Waals surface area contributed by atoms with Gasteiger partial charge in [0.15, 0.2) is 0 Å². The van der Waals surface area contributed by atoms with Crippen molar-refractivity contribution < 1.29 is 10.2 Å². The molecule has 2 rings (SSSR count). The van der Waals surface area contributed by atoms with Crippen LogP contribution in [0.25, 0.3) is 0 Å². The molecular formula is C13H24O2. The van der Waals surface area contributed by atoms with Crippen molar-refractivity contribution in [1.29, 1.82) is 0 Å². The third-order valence-electron chi connectivity index (χ3n) is 5.12. The predicted molar refractivity (Wildman–Crippen MR) is 60.6 cm³/mol. The molecule has 88 valence electrons. The van der Waals surface area contributed by atoms with E-state index in [-0.39, 0.29) is 12.0 Å². The molecule has 0 aromatic carbocycles. The Bertz CT molecular complexity index is 229. The van der Waals surface area contributed by atoms with Gasteiger partial charge in [-0.2, -0.15) is 0 Å². The summed E-state index contributed by atoms with van der Waals surface area (Å²) in [4.78, 5) is 0. The van der Waals surface area contributed by atoms with Crippen LogP contribution in [0.2, 0.25) is 0 Å². The predicted octanol–water partition coefficient (Wildman–Crippen LogP) is 2.48. The van der Waals surface area contributed by atoms with E-state index in [1.165, 1.54) is 32.1 Å². The minimum Gasteiger partial charge on any atom is -0.396 e. The Morgan fingerprint density at radius 2 is 2.00 bits per heavy atom. The Kier molecular flexibility index (Phi) is 3.09. The van der Waals surface area contributed by atoms with Gasteiger partial charge in [-0.1, -0.05) is 19.8 Å². The molecule has 0 aromatic heterocycles. The highest BCUT2D eigenvalue weighted by Crippen LogP contribution is 2.58. The lowest BCUT2D eigenvalue weighted by atomic mass is 9.62. The van der Waals surface area contributed by atoms with Gasteiger partial charge >= 0.3 is 0 Å². The first-order valence-electron chi connectivity index (χ1n) is 6.46. The number of hydrogen-bond acceptors (Lipinski definition) is 2. The number of fused-ring (bicyclic) bond motifs is 1. The quantitative estimate of drug-likeness (QED) is 0.754. The molecule has 0 spiro atoms. The first-order valence-corrected chi connectivity index (χ1v) is 6.46. The summed E-state index contributed by atoms with van der Waals surface area (Å²) < 4.78 is 0. The molecule has 0 aliphatic heterocycles. The van der Waals surface area contributed by atoms with Crippen LogP contribution in [0.4, 0.5) is 0 Å². The Balaban J connectivity index is 2.12. The van der Waals surface area contributed by atoms with E-state index in [9.17, 15) is 5.11 Å². The zero-order valence-electron chi connectivity index (χ0n) is 9.84. The fourth-order valence-electron chi connectivity index (χ4n) is 3.96. The molecular weight excluding hydrogens is 188 g/mol. The van der Waals surface area contributed by atoms with E-state index >= 15 is 0 Å². The summed E-state index contributed by atoms with van der Waals surface area (Å²) in [5, 5.41) is 19.7. The van der Waals surface area contributed by atoms with Gasteiger partial charge in [0.2, 0.25) is 0 Å². The van der Waals surface area contributed by atoms with Crippen LogP contribution in [0.3, 0.4) is 0 Å². The summed E-state index contributed by atoms with van der Waals surface area (Å²) in [7, 11) is 0. The van der Waals surface area contributed by atoms with E-state index in [0.717, 1.165) is 25.2 Å². The van der Waals surface area contributed by atoms with Crippen molar-refractivity contribution in [2.24, 2.45) is 11.3 Å². The summed E-state index contributed by atoms with van der Waals surface area (Å²) in [6, 6.07) is 0. The zero-order valence-corrected chi connectivity index (χ0v) is 9.84. The normalized spacial score (nSPS) is 45.4. The highest BCUT2D eigenvalue weighted by molar-refractivity contribution is 5.06. The highest BCUT2D eigenvalue weighted by Gasteiger charge is 2.55. The van der Waals surface area contributed by atoms with Crippen LogP contribution in [0.5, 0.6) is 0 Å². The molecule has 0 amide bonds. The Labute approximate surface area is 92.7 Å². The third-order valence-corrected chi connectivity index (χ3v) is 5.12. The monoisotopic (exact) mass is 212 g/mol. The molecule has 0 bridgehead atoms. The van der Waals surface area contributed by atoms with Crippen molar-refractivity contribution in [3.05, 3.63) is 0 Å². The number of aliphatic hydroxyl groups excluding tert-OH is 1. The first kappa shape index (κ1) is 11.4. The van der Waals surface area contributed by atoms with E-state index in [2.05, 4.69) is 6.92 Å². The molecule has 0 heterocycles. The first-order chi connectivity index (χ1) is 7.12. The van der Waals surface area contributed by atoms with Gasteiger partial charge in [0.1, 0.15) is 0 Å². The molecule has 2 saturated carbocycles. The van der Waals surface area contributed by atoms with Crippen LogP contribution in [-0.4, -0.2) is 22.4 Å². The van der Waals surface area contributed by atoms with Gasteiger partial charge < -0.3 is 10.2 Å². The van der Waals surface area contributed by atoms with Crippen LogP contribution in [-0.2, 0) is 0 Å². The number of rotatable bonds is 3. The van der Waals surface area contributed by atoms with E-state index in [4.69, 9.17) is 5.11 Å². The number of aliphatic hydroxyl groups is 2. The summed E-state index contributed by atoms with van der Waals surface area (Å²) in [5.41, 5.74) is -0.346. The van der Waals surface area contributed by atoms with E-state index in [0.29, 0.717) is 0 Å². The zero-order chi connectivity index (χ0) is 10.9. The van der Waals surface area contributed by atoms with E-state index in [1.54, 1.807) is 0 Å². The standard InChI is InChI=1S/C13H24O2/c1-12-7-3-2-5-11(12)6-9-13(12,15)8-4-10-14/h11,14-15H,2-10H2,1H3/t11?,12-,13?/m0/s1. The molecule has 2 unspecified atom stereocenters. The van der Waals surface area contributed by atoms with E-state index in [1.807, 2.05) is 0 Å². The summed E-state index contributed by atoms with van der Waals surface area (Å²) in [6.45, 7) is 2.49. The van der Waals surface area contributed by atoms with Gasteiger partial charge in [0, 0.05) is 6.61 Å². The molecule has 2 heteroatoms.